The number of carbonyl (C=O) groups is 1. The van der Waals surface area contributed by atoms with Gasteiger partial charge in [0.2, 0.25) is 11.9 Å². The molecule has 19 heavy (non-hydrogen) atoms. The minimum absolute atomic E-state index is 0.199. The molecule has 0 radical (unpaired) electrons. The standard InChI is InChI=1S/C13H11N5O/c14-12(19)9-2-1-3-10-8(9)5-7-18(10)11-4-6-16-13(15)17-11/h1-7H,(H2,14,19)(H2,15,16,17). The zero-order valence-corrected chi connectivity index (χ0v) is 9.95. The van der Waals surface area contributed by atoms with E-state index >= 15 is 0 Å². The number of amides is 1. The smallest absolute Gasteiger partial charge is 0.249 e. The molecule has 4 N–H and O–H groups in total. The molecule has 2 aromatic heterocycles. The first-order chi connectivity index (χ1) is 9.16. The summed E-state index contributed by atoms with van der Waals surface area (Å²) in [7, 11) is 0. The Morgan fingerprint density at radius 2 is 2.05 bits per heavy atom. The Labute approximate surface area is 108 Å². The van der Waals surface area contributed by atoms with Crippen molar-refractivity contribution in [2.24, 2.45) is 5.73 Å². The third-order valence-corrected chi connectivity index (χ3v) is 2.90. The molecule has 0 unspecified atom stereocenters. The fourth-order valence-electron chi connectivity index (χ4n) is 2.08. The van der Waals surface area contributed by atoms with Crippen molar-refractivity contribution in [1.82, 2.24) is 14.5 Å². The van der Waals surface area contributed by atoms with Crippen LogP contribution in [0.5, 0.6) is 0 Å². The van der Waals surface area contributed by atoms with Gasteiger partial charge in [-0.3, -0.25) is 4.79 Å². The van der Waals surface area contributed by atoms with E-state index in [1.807, 2.05) is 22.9 Å². The lowest BCUT2D eigenvalue weighted by Gasteiger charge is -2.05. The number of benzene rings is 1. The van der Waals surface area contributed by atoms with Gasteiger partial charge in [-0.15, -0.1) is 0 Å². The second kappa shape index (κ2) is 4.09. The molecule has 1 amide bonds. The van der Waals surface area contributed by atoms with E-state index in [0.29, 0.717) is 11.4 Å². The largest absolute Gasteiger partial charge is 0.368 e. The first kappa shape index (κ1) is 11.2. The number of anilines is 1. The van der Waals surface area contributed by atoms with Crippen LogP contribution in [0.15, 0.2) is 42.7 Å². The maximum absolute atomic E-state index is 11.4. The molecule has 1 aromatic carbocycles. The van der Waals surface area contributed by atoms with E-state index in [4.69, 9.17) is 11.5 Å². The van der Waals surface area contributed by atoms with Crippen LogP contribution in [0.4, 0.5) is 5.95 Å². The van der Waals surface area contributed by atoms with E-state index < -0.39 is 5.91 Å². The lowest BCUT2D eigenvalue weighted by atomic mass is 10.1. The molecule has 0 saturated heterocycles. The summed E-state index contributed by atoms with van der Waals surface area (Å²) in [6.07, 6.45) is 3.40. The third-order valence-electron chi connectivity index (χ3n) is 2.90. The first-order valence-electron chi connectivity index (χ1n) is 5.65. The molecule has 0 bridgehead atoms. The van der Waals surface area contributed by atoms with Crippen molar-refractivity contribution < 1.29 is 4.79 Å². The molecule has 0 atom stereocenters. The van der Waals surface area contributed by atoms with Gasteiger partial charge in [-0.1, -0.05) is 6.07 Å². The summed E-state index contributed by atoms with van der Waals surface area (Å²) < 4.78 is 1.83. The molecular formula is C13H11N5O. The number of nitrogens with two attached hydrogens (primary N) is 2. The zero-order chi connectivity index (χ0) is 13.4. The van der Waals surface area contributed by atoms with Crippen molar-refractivity contribution in [3.63, 3.8) is 0 Å². The molecule has 3 aromatic rings. The van der Waals surface area contributed by atoms with Gasteiger partial charge < -0.3 is 16.0 Å². The number of aromatic nitrogens is 3. The van der Waals surface area contributed by atoms with Crippen LogP contribution in [0.25, 0.3) is 16.7 Å². The number of hydrogen-bond donors (Lipinski definition) is 2. The number of primary amides is 1. The summed E-state index contributed by atoms with van der Waals surface area (Å²) in [6.45, 7) is 0. The van der Waals surface area contributed by atoms with Crippen LogP contribution < -0.4 is 11.5 Å². The summed E-state index contributed by atoms with van der Waals surface area (Å²) in [4.78, 5) is 19.4. The van der Waals surface area contributed by atoms with E-state index in [0.717, 1.165) is 10.9 Å². The molecule has 0 fully saturated rings. The summed E-state index contributed by atoms with van der Waals surface area (Å²) in [6, 6.07) is 8.94. The van der Waals surface area contributed by atoms with Crippen molar-refractivity contribution >= 4 is 22.8 Å². The zero-order valence-electron chi connectivity index (χ0n) is 9.95. The Morgan fingerprint density at radius 1 is 1.21 bits per heavy atom. The summed E-state index contributed by atoms with van der Waals surface area (Å²) in [5, 5.41) is 0.784. The number of carbonyl (C=O) groups excluding carboxylic acids is 1. The van der Waals surface area contributed by atoms with Gasteiger partial charge in [0, 0.05) is 23.3 Å². The average Bonchev–Trinajstić information content (AvgIpc) is 2.82. The normalized spacial score (nSPS) is 10.7. The van der Waals surface area contributed by atoms with Gasteiger partial charge in [-0.25, -0.2) is 4.98 Å². The molecule has 0 saturated carbocycles. The minimum Gasteiger partial charge on any atom is -0.368 e. The number of nitrogen functional groups attached to an aromatic ring is 1. The van der Waals surface area contributed by atoms with E-state index in [-0.39, 0.29) is 5.95 Å². The summed E-state index contributed by atoms with van der Waals surface area (Å²) in [5.74, 6) is 0.389. The molecule has 0 aliphatic carbocycles. The molecule has 0 aliphatic rings. The third kappa shape index (κ3) is 1.79. The van der Waals surface area contributed by atoms with E-state index in [9.17, 15) is 4.79 Å². The van der Waals surface area contributed by atoms with Gasteiger partial charge in [-0.05, 0) is 24.3 Å². The van der Waals surface area contributed by atoms with Crippen molar-refractivity contribution in [3.05, 3.63) is 48.3 Å². The predicted octanol–water partition coefficient (Wildman–Crippen LogP) is 1.10. The lowest BCUT2D eigenvalue weighted by Crippen LogP contribution is -2.11. The molecule has 94 valence electrons. The Kier molecular flexibility index (Phi) is 2.42. The van der Waals surface area contributed by atoms with Gasteiger partial charge in [0.05, 0.1) is 5.52 Å². The van der Waals surface area contributed by atoms with Crippen molar-refractivity contribution in [1.29, 1.82) is 0 Å². The predicted molar refractivity (Wildman–Crippen MR) is 71.8 cm³/mol. The number of nitrogens with zero attached hydrogens (tertiary/aromatic N) is 3. The van der Waals surface area contributed by atoms with Crippen LogP contribution in [-0.4, -0.2) is 20.4 Å². The summed E-state index contributed by atoms with van der Waals surface area (Å²) >= 11 is 0. The SMILES string of the molecule is NC(=O)c1cccc2c1ccn2-c1ccnc(N)n1. The molecule has 0 aliphatic heterocycles. The maximum atomic E-state index is 11.4. The van der Waals surface area contributed by atoms with Gasteiger partial charge in [0.1, 0.15) is 5.82 Å². The molecule has 0 spiro atoms. The lowest BCUT2D eigenvalue weighted by molar-refractivity contribution is 0.100. The van der Waals surface area contributed by atoms with Crippen molar-refractivity contribution in [2.45, 2.75) is 0 Å². The van der Waals surface area contributed by atoms with Gasteiger partial charge in [0.25, 0.3) is 0 Å². The number of fused-ring (bicyclic) bond motifs is 1. The summed E-state index contributed by atoms with van der Waals surface area (Å²) in [5.41, 5.74) is 12.3. The highest BCUT2D eigenvalue weighted by Crippen LogP contribution is 2.22. The topological polar surface area (TPSA) is 99.8 Å². The second-order valence-corrected chi connectivity index (χ2v) is 4.06. The van der Waals surface area contributed by atoms with Crippen LogP contribution in [0.3, 0.4) is 0 Å². The van der Waals surface area contributed by atoms with Gasteiger partial charge in [-0.2, -0.15) is 4.98 Å². The number of rotatable bonds is 2. The van der Waals surface area contributed by atoms with E-state index in [2.05, 4.69) is 9.97 Å². The van der Waals surface area contributed by atoms with Crippen LogP contribution in [-0.2, 0) is 0 Å². The fraction of sp³-hybridized carbons (Fsp3) is 0. The second-order valence-electron chi connectivity index (χ2n) is 4.06. The van der Waals surface area contributed by atoms with Crippen LogP contribution in [0.1, 0.15) is 10.4 Å². The molecule has 2 heterocycles. The molecule has 6 nitrogen and oxygen atoms in total. The average molecular weight is 253 g/mol. The highest BCUT2D eigenvalue weighted by Gasteiger charge is 2.10. The Morgan fingerprint density at radius 3 is 2.79 bits per heavy atom. The minimum atomic E-state index is -0.453. The van der Waals surface area contributed by atoms with Crippen LogP contribution in [0, 0.1) is 0 Å². The molecule has 3 rings (SSSR count). The Hall–Kier alpha value is -2.89. The van der Waals surface area contributed by atoms with Crippen molar-refractivity contribution in [3.8, 4) is 5.82 Å². The Balaban J connectivity index is 2.27. The van der Waals surface area contributed by atoms with Crippen LogP contribution >= 0.6 is 0 Å². The molecular weight excluding hydrogens is 242 g/mol. The van der Waals surface area contributed by atoms with Crippen LogP contribution in [0.2, 0.25) is 0 Å². The molecule has 6 heteroatoms. The van der Waals surface area contributed by atoms with E-state index in [1.54, 1.807) is 24.4 Å². The highest BCUT2D eigenvalue weighted by molar-refractivity contribution is 6.06. The van der Waals surface area contributed by atoms with Crippen molar-refractivity contribution in [2.75, 3.05) is 5.73 Å². The van der Waals surface area contributed by atoms with Gasteiger partial charge in [0.15, 0.2) is 0 Å². The quantitative estimate of drug-likeness (QED) is 0.714. The monoisotopic (exact) mass is 253 g/mol. The van der Waals surface area contributed by atoms with E-state index in [1.165, 1.54) is 0 Å². The Bertz CT molecular complexity index is 778. The first-order valence-corrected chi connectivity index (χ1v) is 5.65. The number of hydrogen-bond acceptors (Lipinski definition) is 4. The highest BCUT2D eigenvalue weighted by atomic mass is 16.1. The van der Waals surface area contributed by atoms with Gasteiger partial charge >= 0.3 is 0 Å². The maximum Gasteiger partial charge on any atom is 0.249 e. The fourth-order valence-corrected chi connectivity index (χ4v) is 2.08.